The summed E-state index contributed by atoms with van der Waals surface area (Å²) in [4.78, 5) is 22.8. The van der Waals surface area contributed by atoms with Gasteiger partial charge in [-0.25, -0.2) is 4.79 Å². The van der Waals surface area contributed by atoms with Crippen molar-refractivity contribution in [1.29, 1.82) is 0 Å². The molecule has 0 spiro atoms. The molecule has 98 valence electrons. The van der Waals surface area contributed by atoms with Gasteiger partial charge in [-0.3, -0.25) is 10.1 Å². The lowest BCUT2D eigenvalue weighted by Gasteiger charge is -2.11. The van der Waals surface area contributed by atoms with Crippen molar-refractivity contribution in [2.24, 2.45) is 0 Å². The van der Waals surface area contributed by atoms with Crippen molar-refractivity contribution in [3.63, 3.8) is 0 Å². The van der Waals surface area contributed by atoms with Crippen LogP contribution >= 0.6 is 27.5 Å². The van der Waals surface area contributed by atoms with Crippen LogP contribution in [0, 0.1) is 0 Å². The molecule has 0 heterocycles. The fourth-order valence-electron chi connectivity index (χ4n) is 1.14. The van der Waals surface area contributed by atoms with E-state index in [0.29, 0.717) is 11.4 Å². The van der Waals surface area contributed by atoms with Gasteiger partial charge >= 0.3 is 6.03 Å². The molecule has 0 saturated heterocycles. The number of urea groups is 1. The predicted molar refractivity (Wildman–Crippen MR) is 73.2 cm³/mol. The van der Waals surface area contributed by atoms with Crippen molar-refractivity contribution in [2.75, 3.05) is 12.4 Å². The fraction of sp³-hybridized carbons (Fsp3) is 0.273. The normalized spacial score (nSPS) is 11.6. The number of amides is 3. The molecule has 0 aliphatic carbocycles. The summed E-state index contributed by atoms with van der Waals surface area (Å²) >= 11 is 8.81. The first-order chi connectivity index (χ1) is 8.43. The number of anilines is 1. The minimum absolute atomic E-state index is 0.444. The number of ether oxygens (including phenoxy) is 1. The molecule has 7 heteroatoms. The highest BCUT2D eigenvalue weighted by Gasteiger charge is 2.14. The van der Waals surface area contributed by atoms with E-state index in [1.54, 1.807) is 18.2 Å². The maximum absolute atomic E-state index is 11.5. The summed E-state index contributed by atoms with van der Waals surface area (Å²) < 4.78 is 5.85. The van der Waals surface area contributed by atoms with E-state index in [9.17, 15) is 9.59 Å². The van der Waals surface area contributed by atoms with Crippen LogP contribution in [0.5, 0.6) is 5.75 Å². The highest BCUT2D eigenvalue weighted by Crippen LogP contribution is 2.27. The molecular weight excluding hydrogens is 323 g/mol. The third-order valence-corrected chi connectivity index (χ3v) is 2.70. The van der Waals surface area contributed by atoms with Crippen LogP contribution in [0.2, 0.25) is 0 Å². The molecule has 0 bridgehead atoms. The number of alkyl halides is 1. The van der Waals surface area contributed by atoms with Crippen molar-refractivity contribution in [3.8, 4) is 5.75 Å². The highest BCUT2D eigenvalue weighted by atomic mass is 79.9. The molecule has 1 unspecified atom stereocenters. The van der Waals surface area contributed by atoms with Gasteiger partial charge in [0.25, 0.3) is 0 Å². The second kappa shape index (κ2) is 6.61. The number of hydrogen-bond donors (Lipinski definition) is 2. The van der Waals surface area contributed by atoms with E-state index in [1.165, 1.54) is 14.0 Å². The first-order valence-corrected chi connectivity index (χ1v) is 6.26. The summed E-state index contributed by atoms with van der Waals surface area (Å²) in [6.07, 6.45) is 0. The lowest BCUT2D eigenvalue weighted by Crippen LogP contribution is -2.38. The summed E-state index contributed by atoms with van der Waals surface area (Å²) in [5.74, 6) is -0.0807. The lowest BCUT2D eigenvalue weighted by molar-refractivity contribution is -0.119. The number of halogens is 2. The van der Waals surface area contributed by atoms with Crippen molar-refractivity contribution >= 4 is 45.2 Å². The molecule has 0 saturated carbocycles. The van der Waals surface area contributed by atoms with E-state index in [1.807, 2.05) is 0 Å². The number of hydrogen-bond acceptors (Lipinski definition) is 3. The van der Waals surface area contributed by atoms with Crippen LogP contribution in [0.3, 0.4) is 0 Å². The number of rotatable bonds is 3. The Hall–Kier alpha value is -1.27. The third kappa shape index (κ3) is 4.19. The minimum atomic E-state index is -0.778. The van der Waals surface area contributed by atoms with Gasteiger partial charge in [-0.2, -0.15) is 0 Å². The Balaban J connectivity index is 2.75. The van der Waals surface area contributed by atoms with Gasteiger partial charge in [-0.05, 0) is 25.1 Å². The Morgan fingerprint density at radius 1 is 1.44 bits per heavy atom. The zero-order valence-corrected chi connectivity index (χ0v) is 12.1. The molecule has 0 aliphatic rings. The van der Waals surface area contributed by atoms with E-state index in [2.05, 4.69) is 26.6 Å². The summed E-state index contributed by atoms with van der Waals surface area (Å²) in [5, 5.41) is 3.83. The largest absolute Gasteiger partial charge is 0.495 e. The minimum Gasteiger partial charge on any atom is -0.495 e. The number of carbonyl (C=O) groups is 2. The van der Waals surface area contributed by atoms with Crippen molar-refractivity contribution in [1.82, 2.24) is 5.32 Å². The van der Waals surface area contributed by atoms with Crippen LogP contribution in [0.15, 0.2) is 22.7 Å². The van der Waals surface area contributed by atoms with E-state index >= 15 is 0 Å². The SMILES string of the molecule is COc1ccc(Br)cc1NC(=O)NC(=O)C(C)Cl. The van der Waals surface area contributed by atoms with E-state index in [-0.39, 0.29) is 0 Å². The predicted octanol–water partition coefficient (Wildman–Crippen LogP) is 2.73. The zero-order chi connectivity index (χ0) is 13.7. The van der Waals surface area contributed by atoms with Gasteiger partial charge in [0.2, 0.25) is 5.91 Å². The Morgan fingerprint density at radius 2 is 2.11 bits per heavy atom. The van der Waals surface area contributed by atoms with Gasteiger partial charge in [0.05, 0.1) is 12.8 Å². The number of nitrogens with one attached hydrogen (secondary N) is 2. The van der Waals surface area contributed by atoms with Gasteiger partial charge in [-0.15, -0.1) is 11.6 Å². The molecule has 3 amide bonds. The molecule has 1 aromatic rings. The Morgan fingerprint density at radius 3 is 2.67 bits per heavy atom. The van der Waals surface area contributed by atoms with Gasteiger partial charge in [0, 0.05) is 4.47 Å². The first kappa shape index (κ1) is 14.8. The summed E-state index contributed by atoms with van der Waals surface area (Å²) in [5.41, 5.74) is 0.444. The molecule has 5 nitrogen and oxygen atoms in total. The van der Waals surface area contributed by atoms with Crippen LogP contribution in [0.4, 0.5) is 10.5 Å². The third-order valence-electron chi connectivity index (χ3n) is 2.01. The molecular formula is C11H12BrClN2O3. The number of carbonyl (C=O) groups excluding carboxylic acids is 2. The van der Waals surface area contributed by atoms with Crippen LogP contribution < -0.4 is 15.4 Å². The number of imide groups is 1. The average molecular weight is 336 g/mol. The summed E-state index contributed by atoms with van der Waals surface area (Å²) in [6.45, 7) is 1.48. The van der Waals surface area contributed by atoms with Crippen molar-refractivity contribution < 1.29 is 14.3 Å². The molecule has 2 N–H and O–H groups in total. The van der Waals surface area contributed by atoms with Crippen molar-refractivity contribution in [2.45, 2.75) is 12.3 Å². The average Bonchev–Trinajstić information content (AvgIpc) is 2.28. The number of benzene rings is 1. The van der Waals surface area contributed by atoms with Crippen LogP contribution in [-0.4, -0.2) is 24.4 Å². The van der Waals surface area contributed by atoms with Crippen LogP contribution in [-0.2, 0) is 4.79 Å². The summed E-state index contributed by atoms with van der Waals surface area (Å²) in [6, 6.07) is 4.45. The van der Waals surface area contributed by atoms with Gasteiger partial charge in [0.1, 0.15) is 11.1 Å². The van der Waals surface area contributed by atoms with Gasteiger partial charge in [0.15, 0.2) is 0 Å². The van der Waals surface area contributed by atoms with Gasteiger partial charge < -0.3 is 10.1 Å². The van der Waals surface area contributed by atoms with E-state index < -0.39 is 17.3 Å². The molecule has 0 radical (unpaired) electrons. The Bertz CT molecular complexity index is 466. The first-order valence-electron chi connectivity index (χ1n) is 5.03. The van der Waals surface area contributed by atoms with Gasteiger partial charge in [-0.1, -0.05) is 15.9 Å². The number of methoxy groups -OCH3 is 1. The fourth-order valence-corrected chi connectivity index (χ4v) is 1.56. The topological polar surface area (TPSA) is 67.4 Å². The summed E-state index contributed by atoms with van der Waals surface area (Å²) in [7, 11) is 1.48. The van der Waals surface area contributed by atoms with E-state index in [0.717, 1.165) is 4.47 Å². The highest BCUT2D eigenvalue weighted by molar-refractivity contribution is 9.10. The Labute approximate surface area is 118 Å². The zero-order valence-electron chi connectivity index (χ0n) is 9.79. The molecule has 1 atom stereocenters. The quantitative estimate of drug-likeness (QED) is 0.835. The second-order valence-corrected chi connectivity index (χ2v) is 4.97. The van der Waals surface area contributed by atoms with Crippen LogP contribution in [0.1, 0.15) is 6.92 Å². The second-order valence-electron chi connectivity index (χ2n) is 3.40. The molecule has 1 rings (SSSR count). The Kier molecular flexibility index (Phi) is 5.43. The van der Waals surface area contributed by atoms with E-state index in [4.69, 9.17) is 16.3 Å². The van der Waals surface area contributed by atoms with Crippen LogP contribution in [0.25, 0.3) is 0 Å². The molecule has 18 heavy (non-hydrogen) atoms. The monoisotopic (exact) mass is 334 g/mol. The molecule has 0 aromatic heterocycles. The maximum atomic E-state index is 11.5. The van der Waals surface area contributed by atoms with Crippen molar-refractivity contribution in [3.05, 3.63) is 22.7 Å². The molecule has 0 aliphatic heterocycles. The smallest absolute Gasteiger partial charge is 0.326 e. The lowest BCUT2D eigenvalue weighted by atomic mass is 10.3. The maximum Gasteiger partial charge on any atom is 0.326 e. The molecule has 1 aromatic carbocycles. The molecule has 0 fully saturated rings. The standard InChI is InChI=1S/C11H12BrClN2O3/c1-6(13)10(16)15-11(17)14-8-5-7(12)3-4-9(8)18-2/h3-6H,1-2H3,(H2,14,15,16,17).